The number of allylic oxidation sites excluding steroid dienone is 2. The van der Waals surface area contributed by atoms with E-state index in [0.717, 1.165) is 44.3 Å². The largest absolute Gasteiger partial charge is 0.378 e. The van der Waals surface area contributed by atoms with Crippen molar-refractivity contribution in [2.75, 3.05) is 20.2 Å². The van der Waals surface area contributed by atoms with E-state index < -0.39 is 0 Å². The molecule has 2 fully saturated rings. The number of carbonyl (C=O) groups is 2. The van der Waals surface area contributed by atoms with Crippen LogP contribution in [-0.4, -0.2) is 48.0 Å². The third kappa shape index (κ3) is 3.30. The van der Waals surface area contributed by atoms with Crippen molar-refractivity contribution < 1.29 is 14.3 Å². The summed E-state index contributed by atoms with van der Waals surface area (Å²) in [4.78, 5) is 32.7. The minimum Gasteiger partial charge on any atom is -0.378 e. The minimum atomic E-state index is -0.256. The van der Waals surface area contributed by atoms with Gasteiger partial charge in [-0.05, 0) is 60.8 Å². The number of pyridine rings is 1. The molecule has 2 heterocycles. The van der Waals surface area contributed by atoms with E-state index in [0.29, 0.717) is 23.4 Å². The normalized spacial score (nSPS) is 30.5. The Morgan fingerprint density at radius 1 is 1.06 bits per heavy atom. The van der Waals surface area contributed by atoms with Gasteiger partial charge in [-0.25, -0.2) is 0 Å². The summed E-state index contributed by atoms with van der Waals surface area (Å²) >= 11 is 0. The smallest absolute Gasteiger partial charge is 0.270 e. The fourth-order valence-electron chi connectivity index (χ4n) is 7.06. The van der Waals surface area contributed by atoms with Crippen LogP contribution in [0.25, 0.3) is 0 Å². The number of nitrogens with one attached hydrogen (secondary N) is 1. The molecule has 6 nitrogen and oxygen atoms in total. The lowest BCUT2D eigenvalue weighted by atomic mass is 9.71. The third-order valence-corrected chi connectivity index (χ3v) is 8.68. The second kappa shape index (κ2) is 8.35. The second-order valence-corrected chi connectivity index (χ2v) is 10.3. The van der Waals surface area contributed by atoms with Gasteiger partial charge in [0, 0.05) is 37.7 Å². The van der Waals surface area contributed by atoms with Crippen molar-refractivity contribution >= 4 is 11.8 Å². The van der Waals surface area contributed by atoms with E-state index in [9.17, 15) is 9.59 Å². The Morgan fingerprint density at radius 2 is 1.85 bits per heavy atom. The van der Waals surface area contributed by atoms with E-state index in [1.54, 1.807) is 25.4 Å². The number of carbonyl (C=O) groups excluding carboxylic acids is 2. The summed E-state index contributed by atoms with van der Waals surface area (Å²) in [7, 11) is 1.73. The van der Waals surface area contributed by atoms with Crippen molar-refractivity contribution in [1.82, 2.24) is 15.2 Å². The van der Waals surface area contributed by atoms with E-state index in [4.69, 9.17) is 4.74 Å². The molecule has 0 radical (unpaired) electrons. The quantitative estimate of drug-likeness (QED) is 0.712. The van der Waals surface area contributed by atoms with E-state index in [1.165, 1.54) is 5.56 Å². The number of ether oxygens (including phenoxy) is 1. The van der Waals surface area contributed by atoms with Crippen molar-refractivity contribution in [3.05, 3.63) is 77.6 Å². The van der Waals surface area contributed by atoms with E-state index in [2.05, 4.69) is 45.6 Å². The predicted molar refractivity (Wildman–Crippen MR) is 128 cm³/mol. The van der Waals surface area contributed by atoms with Crippen LogP contribution in [0.2, 0.25) is 0 Å². The number of hydrogen-bond acceptors (Lipinski definition) is 4. The standard InChI is InChI=1S/C28H31N3O3/c1-34-25-24(30-26(32)23-8-4-5-13-29-23)20-6-2-3-7-22(20)28(25)11-14-31(15-12-28)27(33)21-17-18-9-10-19(21)16-18/h2-10,13,18-19,21,24-25H,11-12,14-17H2,1H3,(H,30,32)/t18-,19+,21-,24-,25+/m1/s1. The van der Waals surface area contributed by atoms with Crippen LogP contribution in [0, 0.1) is 17.8 Å². The van der Waals surface area contributed by atoms with Crippen molar-refractivity contribution in [1.29, 1.82) is 0 Å². The van der Waals surface area contributed by atoms with Crippen LogP contribution >= 0.6 is 0 Å². The summed E-state index contributed by atoms with van der Waals surface area (Å²) in [6.45, 7) is 1.46. The van der Waals surface area contributed by atoms with Crippen LogP contribution in [0.3, 0.4) is 0 Å². The molecule has 1 spiro atoms. The highest BCUT2D eigenvalue weighted by atomic mass is 16.5. The topological polar surface area (TPSA) is 71.5 Å². The number of benzene rings is 1. The van der Waals surface area contributed by atoms with Crippen LogP contribution in [0.15, 0.2) is 60.8 Å². The van der Waals surface area contributed by atoms with Gasteiger partial charge in [0.2, 0.25) is 5.91 Å². The van der Waals surface area contributed by atoms with E-state index >= 15 is 0 Å². The summed E-state index contributed by atoms with van der Waals surface area (Å²) < 4.78 is 6.12. The Labute approximate surface area is 200 Å². The second-order valence-electron chi connectivity index (χ2n) is 10.3. The SMILES string of the molecule is CO[C@H]1[C@H](NC(=O)c2ccccn2)c2ccccc2C12CCN(C(=O)[C@@H]1C[C@@H]3C=C[C@H]1C3)CC2. The monoisotopic (exact) mass is 457 g/mol. The lowest BCUT2D eigenvalue weighted by Gasteiger charge is -2.44. The Kier molecular flexibility index (Phi) is 5.29. The average Bonchev–Trinajstić information content (AvgIpc) is 3.58. The third-order valence-electron chi connectivity index (χ3n) is 8.68. The van der Waals surface area contributed by atoms with Gasteiger partial charge in [0.15, 0.2) is 0 Å². The number of aromatic nitrogens is 1. The minimum absolute atomic E-state index is 0.156. The molecule has 0 unspecified atom stereocenters. The maximum absolute atomic E-state index is 13.4. The maximum Gasteiger partial charge on any atom is 0.270 e. The highest BCUT2D eigenvalue weighted by molar-refractivity contribution is 5.92. The number of nitrogens with zero attached hydrogens (tertiary/aromatic N) is 2. The van der Waals surface area contributed by atoms with Gasteiger partial charge in [0.1, 0.15) is 5.69 Å². The van der Waals surface area contributed by atoms with Gasteiger partial charge < -0.3 is 15.0 Å². The molecule has 1 N–H and O–H groups in total. The van der Waals surface area contributed by atoms with Gasteiger partial charge in [0.25, 0.3) is 5.91 Å². The molecule has 1 aliphatic heterocycles. The lowest BCUT2D eigenvalue weighted by Crippen LogP contribution is -2.52. The van der Waals surface area contributed by atoms with Crippen LogP contribution < -0.4 is 5.32 Å². The summed E-state index contributed by atoms with van der Waals surface area (Å²) in [5.74, 6) is 1.31. The first-order chi connectivity index (χ1) is 16.6. The lowest BCUT2D eigenvalue weighted by molar-refractivity contribution is -0.139. The number of fused-ring (bicyclic) bond motifs is 4. The zero-order valence-corrected chi connectivity index (χ0v) is 19.5. The van der Waals surface area contributed by atoms with Crippen LogP contribution in [-0.2, 0) is 14.9 Å². The van der Waals surface area contributed by atoms with Gasteiger partial charge in [0.05, 0.1) is 12.1 Å². The van der Waals surface area contributed by atoms with Gasteiger partial charge in [-0.3, -0.25) is 14.6 Å². The molecule has 5 atom stereocenters. The molecule has 1 aromatic carbocycles. The highest BCUT2D eigenvalue weighted by Crippen LogP contribution is 2.53. The summed E-state index contributed by atoms with van der Waals surface area (Å²) in [6, 6.07) is 13.4. The summed E-state index contributed by atoms with van der Waals surface area (Å²) in [6.07, 6.45) is 9.80. The van der Waals surface area contributed by atoms with Crippen molar-refractivity contribution in [3.63, 3.8) is 0 Å². The number of rotatable bonds is 4. The molecule has 176 valence electrons. The average molecular weight is 458 g/mol. The zero-order chi connectivity index (χ0) is 23.3. The molecule has 1 aromatic heterocycles. The number of amides is 2. The van der Waals surface area contributed by atoms with Gasteiger partial charge in [-0.1, -0.05) is 42.5 Å². The molecule has 2 aromatic rings. The fourth-order valence-corrected chi connectivity index (χ4v) is 7.06. The Hall–Kier alpha value is -2.99. The molecular weight excluding hydrogens is 426 g/mol. The van der Waals surface area contributed by atoms with Crippen molar-refractivity contribution in [3.8, 4) is 0 Å². The molecule has 6 heteroatoms. The van der Waals surface area contributed by atoms with E-state index in [-0.39, 0.29) is 29.4 Å². The molecule has 6 rings (SSSR count). The first-order valence-corrected chi connectivity index (χ1v) is 12.4. The Bertz CT molecular complexity index is 1120. The number of piperidine rings is 1. The zero-order valence-electron chi connectivity index (χ0n) is 19.5. The van der Waals surface area contributed by atoms with Crippen LogP contribution in [0.5, 0.6) is 0 Å². The molecule has 4 aliphatic rings. The highest BCUT2D eigenvalue weighted by Gasteiger charge is 2.55. The number of methoxy groups -OCH3 is 1. The molecule has 34 heavy (non-hydrogen) atoms. The molecule has 1 saturated heterocycles. The van der Waals surface area contributed by atoms with Crippen molar-refractivity contribution in [2.45, 2.75) is 43.2 Å². The number of hydrogen-bond donors (Lipinski definition) is 1. The predicted octanol–water partition coefficient (Wildman–Crippen LogP) is 3.65. The van der Waals surface area contributed by atoms with Gasteiger partial charge in [-0.2, -0.15) is 0 Å². The van der Waals surface area contributed by atoms with Crippen molar-refractivity contribution in [2.24, 2.45) is 17.8 Å². The Morgan fingerprint density at radius 3 is 2.53 bits per heavy atom. The molecule has 2 bridgehead atoms. The first kappa shape index (κ1) is 21.5. The summed E-state index contributed by atoms with van der Waals surface area (Å²) in [5, 5.41) is 3.21. The summed E-state index contributed by atoms with van der Waals surface area (Å²) in [5.41, 5.74) is 2.52. The molecule has 1 saturated carbocycles. The van der Waals surface area contributed by atoms with Crippen LogP contribution in [0.1, 0.15) is 53.3 Å². The number of likely N-dealkylation sites (tertiary alicyclic amines) is 1. The molecule has 3 aliphatic carbocycles. The molecular formula is C28H31N3O3. The Balaban J connectivity index is 1.24. The van der Waals surface area contributed by atoms with E-state index in [1.807, 2.05) is 12.1 Å². The first-order valence-electron chi connectivity index (χ1n) is 12.4. The van der Waals surface area contributed by atoms with Gasteiger partial charge >= 0.3 is 0 Å². The fraction of sp³-hybridized carbons (Fsp3) is 0.464. The molecule has 2 amide bonds. The van der Waals surface area contributed by atoms with Gasteiger partial charge in [-0.15, -0.1) is 0 Å². The van der Waals surface area contributed by atoms with Crippen LogP contribution in [0.4, 0.5) is 0 Å². The maximum atomic E-state index is 13.4.